The third-order valence-corrected chi connectivity index (χ3v) is 8.25. The average molecular weight is 461 g/mol. The lowest BCUT2D eigenvalue weighted by Crippen LogP contribution is -2.52. The molecule has 2 aromatic heterocycles. The van der Waals surface area contributed by atoms with E-state index in [1.54, 1.807) is 12.4 Å². The highest BCUT2D eigenvalue weighted by Gasteiger charge is 2.27. The Hall–Kier alpha value is -2.69. The number of fused-ring (bicyclic) bond motifs is 1. The van der Waals surface area contributed by atoms with Crippen LogP contribution in [0.2, 0.25) is 0 Å². The van der Waals surface area contributed by atoms with Crippen molar-refractivity contribution in [3.8, 4) is 6.07 Å². The molecule has 3 heterocycles. The fourth-order valence-electron chi connectivity index (χ4n) is 5.39. The Morgan fingerprint density at radius 1 is 1.12 bits per heavy atom. The number of rotatable bonds is 6. The quantitative estimate of drug-likeness (QED) is 0.550. The fraction of sp³-hybridized carbons (Fsp3) is 0.500. The summed E-state index contributed by atoms with van der Waals surface area (Å²) in [5, 5.41) is 15.9. The van der Waals surface area contributed by atoms with E-state index in [1.165, 1.54) is 54.4 Å². The second-order valence-corrected chi connectivity index (χ2v) is 10.4. The Balaban J connectivity index is 1.07. The minimum Gasteiger partial charge on any atom is -0.368 e. The normalized spacial score (nSPS) is 24.0. The van der Waals surface area contributed by atoms with Crippen LogP contribution in [0.15, 0.2) is 42.0 Å². The number of nitriles is 1. The molecule has 172 valence electrons. The van der Waals surface area contributed by atoms with Crippen LogP contribution in [0.5, 0.6) is 0 Å². The molecule has 1 saturated carbocycles. The van der Waals surface area contributed by atoms with Crippen LogP contribution in [0.1, 0.15) is 44.6 Å². The standard InChI is InChI=1S/C26H32N6S/c1-19-18-32(24-3-2-4-25-23(24)10-14-33-25)13-12-31(19)11-9-20-5-7-22(8-6-20)30-26-28-16-21(15-27)17-29-26/h2-4,10,14,16-17,19-20,22H,5-9,11-13,18H2,1H3,(H,28,29,30)/t19-,20?,22?/m1/s1. The van der Waals surface area contributed by atoms with Crippen molar-refractivity contribution < 1.29 is 0 Å². The zero-order valence-electron chi connectivity index (χ0n) is 19.3. The first-order chi connectivity index (χ1) is 16.2. The van der Waals surface area contributed by atoms with Crippen LogP contribution in [-0.2, 0) is 0 Å². The number of benzene rings is 1. The van der Waals surface area contributed by atoms with Crippen LogP contribution in [0.4, 0.5) is 11.6 Å². The zero-order valence-corrected chi connectivity index (χ0v) is 20.1. The van der Waals surface area contributed by atoms with Gasteiger partial charge in [-0.25, -0.2) is 9.97 Å². The smallest absolute Gasteiger partial charge is 0.222 e. The second kappa shape index (κ2) is 10.1. The summed E-state index contributed by atoms with van der Waals surface area (Å²) in [7, 11) is 0. The van der Waals surface area contributed by atoms with Crippen LogP contribution in [-0.4, -0.2) is 53.1 Å². The number of nitrogens with zero attached hydrogens (tertiary/aromatic N) is 5. The molecule has 1 atom stereocenters. The van der Waals surface area contributed by atoms with E-state index in [0.29, 0.717) is 23.6 Å². The highest BCUT2D eigenvalue weighted by atomic mass is 32.1. The SMILES string of the molecule is C[C@@H]1CN(c2cccc3sccc23)CCN1CCC1CCC(Nc2ncc(C#N)cn2)CC1. The molecule has 0 bridgehead atoms. The number of thiophene rings is 1. The van der Waals surface area contributed by atoms with Gasteiger partial charge in [0.25, 0.3) is 0 Å². The molecule has 2 aliphatic rings. The summed E-state index contributed by atoms with van der Waals surface area (Å²) in [6, 6.07) is 12.1. The van der Waals surface area contributed by atoms with Crippen molar-refractivity contribution in [1.29, 1.82) is 5.26 Å². The minimum absolute atomic E-state index is 0.441. The molecule has 3 aromatic rings. The summed E-state index contributed by atoms with van der Waals surface area (Å²) >= 11 is 1.83. The molecule has 1 saturated heterocycles. The highest BCUT2D eigenvalue weighted by molar-refractivity contribution is 7.17. The Morgan fingerprint density at radius 2 is 1.94 bits per heavy atom. The van der Waals surface area contributed by atoms with E-state index >= 15 is 0 Å². The summed E-state index contributed by atoms with van der Waals surface area (Å²) in [5.74, 6) is 1.46. The molecule has 1 aliphatic carbocycles. The topological polar surface area (TPSA) is 68.1 Å². The van der Waals surface area contributed by atoms with Crippen molar-refractivity contribution in [2.45, 2.75) is 51.1 Å². The number of aromatic nitrogens is 2. The van der Waals surface area contributed by atoms with Gasteiger partial charge in [0.1, 0.15) is 6.07 Å². The van der Waals surface area contributed by atoms with E-state index in [-0.39, 0.29) is 0 Å². The van der Waals surface area contributed by atoms with Crippen LogP contribution < -0.4 is 10.2 Å². The molecule has 6 nitrogen and oxygen atoms in total. The molecule has 1 aliphatic heterocycles. The van der Waals surface area contributed by atoms with E-state index in [1.807, 2.05) is 11.3 Å². The van der Waals surface area contributed by atoms with Gasteiger partial charge in [-0.1, -0.05) is 6.07 Å². The summed E-state index contributed by atoms with van der Waals surface area (Å²) in [5.41, 5.74) is 1.90. The van der Waals surface area contributed by atoms with Crippen LogP contribution in [0.3, 0.4) is 0 Å². The van der Waals surface area contributed by atoms with Crippen molar-refractivity contribution in [2.75, 3.05) is 36.4 Å². The van der Waals surface area contributed by atoms with Gasteiger partial charge in [0.05, 0.1) is 18.0 Å². The molecule has 5 rings (SSSR count). The van der Waals surface area contributed by atoms with E-state index in [2.05, 4.69) is 67.7 Å². The van der Waals surface area contributed by atoms with Crippen LogP contribution in [0.25, 0.3) is 10.1 Å². The van der Waals surface area contributed by atoms with Gasteiger partial charge in [0.15, 0.2) is 0 Å². The first-order valence-electron chi connectivity index (χ1n) is 12.1. The second-order valence-electron chi connectivity index (χ2n) is 9.50. The number of anilines is 2. The number of hydrogen-bond acceptors (Lipinski definition) is 7. The average Bonchev–Trinajstić information content (AvgIpc) is 3.34. The largest absolute Gasteiger partial charge is 0.368 e. The summed E-state index contributed by atoms with van der Waals surface area (Å²) in [6.45, 7) is 6.96. The predicted octanol–water partition coefficient (Wildman–Crippen LogP) is 5.13. The third-order valence-electron chi connectivity index (χ3n) is 7.36. The molecule has 0 radical (unpaired) electrons. The minimum atomic E-state index is 0.441. The number of nitrogens with one attached hydrogen (secondary N) is 1. The molecule has 2 fully saturated rings. The summed E-state index contributed by atoms with van der Waals surface area (Å²) in [4.78, 5) is 13.8. The lowest BCUT2D eigenvalue weighted by molar-refractivity contribution is 0.167. The molecule has 33 heavy (non-hydrogen) atoms. The van der Waals surface area contributed by atoms with Crippen molar-refractivity contribution >= 4 is 33.1 Å². The van der Waals surface area contributed by atoms with Gasteiger partial charge in [0.2, 0.25) is 5.95 Å². The lowest BCUT2D eigenvalue weighted by Gasteiger charge is -2.42. The molecule has 1 N–H and O–H groups in total. The van der Waals surface area contributed by atoms with E-state index < -0.39 is 0 Å². The first kappa shape index (κ1) is 22.1. The van der Waals surface area contributed by atoms with Gasteiger partial charge in [-0.05, 0) is 75.1 Å². The van der Waals surface area contributed by atoms with Gasteiger partial charge in [0, 0.05) is 47.5 Å². The van der Waals surface area contributed by atoms with Gasteiger partial charge < -0.3 is 10.2 Å². The van der Waals surface area contributed by atoms with Crippen molar-refractivity contribution in [2.24, 2.45) is 5.92 Å². The zero-order chi connectivity index (χ0) is 22.6. The van der Waals surface area contributed by atoms with Gasteiger partial charge >= 0.3 is 0 Å². The van der Waals surface area contributed by atoms with Crippen molar-refractivity contribution in [3.05, 3.63) is 47.6 Å². The fourth-order valence-corrected chi connectivity index (χ4v) is 6.19. The van der Waals surface area contributed by atoms with Crippen LogP contribution in [0, 0.1) is 17.2 Å². The monoisotopic (exact) mass is 460 g/mol. The lowest BCUT2D eigenvalue weighted by atomic mass is 9.84. The van der Waals surface area contributed by atoms with Gasteiger partial charge in [-0.2, -0.15) is 5.26 Å². The highest BCUT2D eigenvalue weighted by Crippen LogP contribution is 2.32. The van der Waals surface area contributed by atoms with E-state index in [9.17, 15) is 0 Å². The molecule has 0 amide bonds. The Labute approximate surface area is 200 Å². The molecule has 0 spiro atoms. The predicted molar refractivity (Wildman–Crippen MR) is 136 cm³/mol. The molecular formula is C26H32N6S. The van der Waals surface area contributed by atoms with E-state index in [0.717, 1.165) is 25.6 Å². The molecular weight excluding hydrogens is 428 g/mol. The molecule has 7 heteroatoms. The number of piperazine rings is 1. The molecule has 0 unspecified atom stereocenters. The maximum Gasteiger partial charge on any atom is 0.222 e. The van der Waals surface area contributed by atoms with E-state index in [4.69, 9.17) is 5.26 Å². The van der Waals surface area contributed by atoms with Crippen molar-refractivity contribution in [3.63, 3.8) is 0 Å². The van der Waals surface area contributed by atoms with Crippen LogP contribution >= 0.6 is 11.3 Å². The van der Waals surface area contributed by atoms with Gasteiger partial charge in [-0.3, -0.25) is 4.90 Å². The Kier molecular flexibility index (Phi) is 6.75. The summed E-state index contributed by atoms with van der Waals surface area (Å²) in [6.07, 6.45) is 9.34. The molecule has 1 aromatic carbocycles. The first-order valence-corrected chi connectivity index (χ1v) is 13.0. The number of hydrogen-bond donors (Lipinski definition) is 1. The van der Waals surface area contributed by atoms with Gasteiger partial charge in [-0.15, -0.1) is 11.3 Å². The maximum absolute atomic E-state index is 8.88. The Morgan fingerprint density at radius 3 is 2.70 bits per heavy atom. The van der Waals surface area contributed by atoms with Crippen molar-refractivity contribution in [1.82, 2.24) is 14.9 Å². The maximum atomic E-state index is 8.88. The Bertz CT molecular complexity index is 1100. The summed E-state index contributed by atoms with van der Waals surface area (Å²) < 4.78 is 1.39. The third kappa shape index (κ3) is 5.13.